The van der Waals surface area contributed by atoms with E-state index in [1.54, 1.807) is 0 Å². The predicted molar refractivity (Wildman–Crippen MR) is 64.7 cm³/mol. The van der Waals surface area contributed by atoms with Crippen LogP contribution in [0.2, 0.25) is 0 Å². The van der Waals surface area contributed by atoms with Gasteiger partial charge in [-0.15, -0.1) is 0 Å². The van der Waals surface area contributed by atoms with Crippen LogP contribution in [-0.4, -0.2) is 30.1 Å². The molecular weight excluding hydrogens is 184 g/mol. The smallest absolute Gasteiger partial charge is 0.0252 e. The van der Waals surface area contributed by atoms with Gasteiger partial charge in [0.05, 0.1) is 0 Å². The maximum atomic E-state index is 6.39. The van der Waals surface area contributed by atoms with Gasteiger partial charge in [-0.3, -0.25) is 4.90 Å². The molecule has 1 aliphatic carbocycles. The number of hydrogen-bond acceptors (Lipinski definition) is 2. The van der Waals surface area contributed by atoms with Crippen LogP contribution in [0, 0.1) is 17.3 Å². The normalized spacial score (nSPS) is 46.2. The first-order chi connectivity index (χ1) is 6.92. The lowest BCUT2D eigenvalue weighted by Crippen LogP contribution is -2.48. The first-order valence-corrected chi connectivity index (χ1v) is 6.41. The Kier molecular flexibility index (Phi) is 2.85. The molecule has 2 N–H and O–H groups in total. The van der Waals surface area contributed by atoms with Crippen molar-refractivity contribution in [2.24, 2.45) is 23.0 Å². The van der Waals surface area contributed by atoms with E-state index in [0.717, 1.165) is 11.8 Å². The highest BCUT2D eigenvalue weighted by Crippen LogP contribution is 2.40. The Morgan fingerprint density at radius 2 is 1.67 bits per heavy atom. The topological polar surface area (TPSA) is 29.3 Å². The average Bonchev–Trinajstić information content (AvgIpc) is 2.58. The van der Waals surface area contributed by atoms with Crippen molar-refractivity contribution in [1.29, 1.82) is 0 Å². The molecule has 2 heteroatoms. The van der Waals surface area contributed by atoms with E-state index in [0.29, 0.717) is 17.5 Å². The SMILES string of the molecule is CC1CN(C2CCC(C)(C)C2N)CC1C. The van der Waals surface area contributed by atoms with Crippen molar-refractivity contribution in [3.63, 3.8) is 0 Å². The maximum Gasteiger partial charge on any atom is 0.0252 e. The van der Waals surface area contributed by atoms with Crippen molar-refractivity contribution in [2.75, 3.05) is 13.1 Å². The zero-order valence-electron chi connectivity index (χ0n) is 10.7. The standard InChI is InChI=1S/C13H26N2/c1-9-7-15(8-10(9)2)11-5-6-13(3,4)12(11)14/h9-12H,5-8,14H2,1-4H3. The molecule has 0 aromatic rings. The van der Waals surface area contributed by atoms with E-state index in [1.807, 2.05) is 0 Å². The van der Waals surface area contributed by atoms with Gasteiger partial charge in [0, 0.05) is 25.2 Å². The van der Waals surface area contributed by atoms with Gasteiger partial charge in [-0.2, -0.15) is 0 Å². The molecule has 4 unspecified atom stereocenters. The van der Waals surface area contributed by atoms with Crippen LogP contribution < -0.4 is 5.73 Å². The van der Waals surface area contributed by atoms with E-state index in [-0.39, 0.29) is 0 Å². The minimum absolute atomic E-state index is 0.347. The van der Waals surface area contributed by atoms with E-state index in [1.165, 1.54) is 25.9 Å². The number of rotatable bonds is 1. The summed E-state index contributed by atoms with van der Waals surface area (Å²) in [4.78, 5) is 2.65. The van der Waals surface area contributed by atoms with Gasteiger partial charge >= 0.3 is 0 Å². The molecule has 0 aromatic heterocycles. The van der Waals surface area contributed by atoms with Crippen LogP contribution in [0.3, 0.4) is 0 Å². The number of nitrogens with zero attached hydrogens (tertiary/aromatic N) is 1. The summed E-state index contributed by atoms with van der Waals surface area (Å²) in [6.07, 6.45) is 2.59. The Morgan fingerprint density at radius 3 is 2.07 bits per heavy atom. The molecule has 0 radical (unpaired) electrons. The third kappa shape index (κ3) is 1.94. The summed E-state index contributed by atoms with van der Waals surface area (Å²) in [6.45, 7) is 11.9. The van der Waals surface area contributed by atoms with Crippen molar-refractivity contribution in [3.05, 3.63) is 0 Å². The van der Waals surface area contributed by atoms with Gasteiger partial charge in [-0.05, 0) is 30.1 Å². The lowest BCUT2D eigenvalue weighted by Gasteiger charge is -2.32. The molecule has 2 rings (SSSR count). The molecule has 0 aromatic carbocycles. The van der Waals surface area contributed by atoms with E-state index in [2.05, 4.69) is 32.6 Å². The van der Waals surface area contributed by atoms with Gasteiger partial charge in [-0.1, -0.05) is 27.7 Å². The number of hydrogen-bond donors (Lipinski definition) is 1. The highest BCUT2D eigenvalue weighted by molar-refractivity contribution is 5.01. The van der Waals surface area contributed by atoms with Crippen LogP contribution in [-0.2, 0) is 0 Å². The zero-order valence-corrected chi connectivity index (χ0v) is 10.7. The monoisotopic (exact) mass is 210 g/mol. The fourth-order valence-corrected chi connectivity index (χ4v) is 3.24. The second-order valence-corrected chi connectivity index (χ2v) is 6.53. The summed E-state index contributed by atoms with van der Waals surface area (Å²) in [5.41, 5.74) is 6.73. The highest BCUT2D eigenvalue weighted by atomic mass is 15.2. The lowest BCUT2D eigenvalue weighted by molar-refractivity contribution is 0.190. The number of likely N-dealkylation sites (tertiary alicyclic amines) is 1. The van der Waals surface area contributed by atoms with E-state index in [4.69, 9.17) is 5.73 Å². The molecule has 4 atom stereocenters. The lowest BCUT2D eigenvalue weighted by atomic mass is 9.87. The first kappa shape index (κ1) is 11.4. The van der Waals surface area contributed by atoms with E-state index in [9.17, 15) is 0 Å². The molecule has 2 aliphatic rings. The maximum absolute atomic E-state index is 6.39. The summed E-state index contributed by atoms with van der Waals surface area (Å²) < 4.78 is 0. The highest BCUT2D eigenvalue weighted by Gasteiger charge is 2.44. The van der Waals surface area contributed by atoms with Crippen LogP contribution in [0.4, 0.5) is 0 Å². The van der Waals surface area contributed by atoms with Crippen LogP contribution in [0.5, 0.6) is 0 Å². The molecule has 2 nitrogen and oxygen atoms in total. The predicted octanol–water partition coefficient (Wildman–Crippen LogP) is 2.09. The molecule has 1 aliphatic heterocycles. The zero-order chi connectivity index (χ0) is 11.2. The summed E-state index contributed by atoms with van der Waals surface area (Å²) in [7, 11) is 0. The summed E-state index contributed by atoms with van der Waals surface area (Å²) >= 11 is 0. The molecule has 1 saturated carbocycles. The van der Waals surface area contributed by atoms with Crippen molar-refractivity contribution in [1.82, 2.24) is 4.90 Å². The second-order valence-electron chi connectivity index (χ2n) is 6.53. The van der Waals surface area contributed by atoms with Gasteiger partial charge in [0.25, 0.3) is 0 Å². The van der Waals surface area contributed by atoms with Gasteiger partial charge < -0.3 is 5.73 Å². The number of nitrogens with two attached hydrogens (primary N) is 1. The molecule has 0 spiro atoms. The minimum atomic E-state index is 0.347. The second kappa shape index (κ2) is 3.74. The minimum Gasteiger partial charge on any atom is -0.326 e. The van der Waals surface area contributed by atoms with E-state index < -0.39 is 0 Å². The third-order valence-corrected chi connectivity index (χ3v) is 4.89. The van der Waals surface area contributed by atoms with Crippen LogP contribution in [0.25, 0.3) is 0 Å². The molecule has 88 valence electrons. The van der Waals surface area contributed by atoms with Gasteiger partial charge in [0.1, 0.15) is 0 Å². The van der Waals surface area contributed by atoms with Crippen molar-refractivity contribution in [3.8, 4) is 0 Å². The molecular formula is C13H26N2. The Hall–Kier alpha value is -0.0800. The Labute approximate surface area is 94.2 Å². The van der Waals surface area contributed by atoms with Gasteiger partial charge in [0.2, 0.25) is 0 Å². The largest absolute Gasteiger partial charge is 0.326 e. The summed E-state index contributed by atoms with van der Waals surface area (Å²) in [5, 5.41) is 0. The molecule has 1 heterocycles. The fourth-order valence-electron chi connectivity index (χ4n) is 3.24. The van der Waals surface area contributed by atoms with Gasteiger partial charge in [0.15, 0.2) is 0 Å². The average molecular weight is 210 g/mol. The van der Waals surface area contributed by atoms with Crippen LogP contribution in [0.1, 0.15) is 40.5 Å². The Morgan fingerprint density at radius 1 is 1.13 bits per heavy atom. The van der Waals surface area contributed by atoms with Crippen molar-refractivity contribution >= 4 is 0 Å². The third-order valence-electron chi connectivity index (χ3n) is 4.89. The quantitative estimate of drug-likeness (QED) is 0.718. The molecule has 1 saturated heterocycles. The van der Waals surface area contributed by atoms with Crippen molar-refractivity contribution < 1.29 is 0 Å². The van der Waals surface area contributed by atoms with Gasteiger partial charge in [-0.25, -0.2) is 0 Å². The molecule has 0 bridgehead atoms. The first-order valence-electron chi connectivity index (χ1n) is 6.41. The van der Waals surface area contributed by atoms with Crippen molar-refractivity contribution in [2.45, 2.75) is 52.6 Å². The molecule has 0 amide bonds. The molecule has 2 fully saturated rings. The van der Waals surface area contributed by atoms with E-state index >= 15 is 0 Å². The Bertz CT molecular complexity index is 227. The summed E-state index contributed by atoms with van der Waals surface area (Å²) in [5.74, 6) is 1.70. The van der Waals surface area contributed by atoms with Crippen LogP contribution in [0.15, 0.2) is 0 Å². The molecule has 15 heavy (non-hydrogen) atoms. The summed E-state index contributed by atoms with van der Waals surface area (Å²) in [6, 6.07) is 1.02. The fraction of sp³-hybridized carbons (Fsp3) is 1.00. The van der Waals surface area contributed by atoms with Crippen LogP contribution >= 0.6 is 0 Å². The Balaban J connectivity index is 2.02.